The third-order valence-corrected chi connectivity index (χ3v) is 6.70. The lowest BCUT2D eigenvalue weighted by atomic mass is 10.1. The monoisotopic (exact) mass is 613 g/mol. The molecule has 1 fully saturated rings. The normalized spacial score (nSPS) is 14.7. The van der Waals surface area contributed by atoms with Crippen molar-refractivity contribution in [3.63, 3.8) is 0 Å². The zero-order valence-electron chi connectivity index (χ0n) is 26.5. The number of carbonyl (C=O) groups is 2. The van der Waals surface area contributed by atoms with Gasteiger partial charge in [-0.05, 0) is 52.7 Å². The van der Waals surface area contributed by atoms with Crippen molar-refractivity contribution in [3.05, 3.63) is 50.2 Å². The molecule has 1 unspecified atom stereocenters. The Labute approximate surface area is 255 Å². The number of piperidine rings is 1. The van der Waals surface area contributed by atoms with E-state index in [1.165, 1.54) is 17.7 Å². The van der Waals surface area contributed by atoms with Gasteiger partial charge in [0.2, 0.25) is 11.9 Å². The summed E-state index contributed by atoms with van der Waals surface area (Å²) >= 11 is 0. The number of hydrogen-bond acceptors (Lipinski definition) is 9. The van der Waals surface area contributed by atoms with Crippen LogP contribution in [0.4, 0.5) is 15.1 Å². The minimum atomic E-state index is -0.881. The number of nitrogens with zero attached hydrogens (tertiary/aromatic N) is 6. The first-order valence-electron chi connectivity index (χ1n) is 14.4. The maximum absolute atomic E-state index is 14.1. The molecule has 1 aliphatic heterocycles. The van der Waals surface area contributed by atoms with Crippen LogP contribution >= 0.6 is 0 Å². The Morgan fingerprint density at radius 2 is 1.86 bits per heavy atom. The molecule has 1 amide bonds. The van der Waals surface area contributed by atoms with Crippen molar-refractivity contribution in [3.8, 4) is 11.8 Å². The number of fused-ring (bicyclic) bond motifs is 1. The number of pyridine rings is 1. The summed E-state index contributed by atoms with van der Waals surface area (Å²) in [4.78, 5) is 62.3. The second kappa shape index (κ2) is 14.2. The molecule has 0 spiro atoms. The van der Waals surface area contributed by atoms with E-state index < -0.39 is 41.4 Å². The highest BCUT2D eigenvalue weighted by molar-refractivity contribution is 5.90. The topological polar surface area (TPSA) is 143 Å². The zero-order chi connectivity index (χ0) is 32.8. The molecule has 3 aromatic rings. The Kier molecular flexibility index (Phi) is 10.9. The van der Waals surface area contributed by atoms with E-state index in [-0.39, 0.29) is 35.0 Å². The highest BCUT2D eigenvalue weighted by Gasteiger charge is 2.29. The first-order chi connectivity index (χ1) is 20.8. The minimum absolute atomic E-state index is 0.0733. The van der Waals surface area contributed by atoms with Crippen LogP contribution in [-0.2, 0) is 29.6 Å². The molecule has 3 aromatic heterocycles. The second-order valence-corrected chi connectivity index (χ2v) is 10.9. The van der Waals surface area contributed by atoms with E-state index in [9.17, 15) is 23.6 Å². The molecule has 0 bridgehead atoms. The molecule has 13 nitrogen and oxygen atoms in total. The van der Waals surface area contributed by atoms with Gasteiger partial charge in [-0.25, -0.2) is 19.4 Å². The number of anilines is 1. The number of methoxy groups -OCH3 is 1. The summed E-state index contributed by atoms with van der Waals surface area (Å²) in [7, 11) is 2.63. The van der Waals surface area contributed by atoms with Gasteiger partial charge in [0.1, 0.15) is 5.60 Å². The SMILES string of the molecule is CC.CC#CCn1c(N2CCCC(NC(=O)OC(C)(C)C)C2)nc2c1c(=O)n(Cc1nc(F)ccc1C(=O)OC)c(=O)n2C. The number of aromatic nitrogens is 5. The molecule has 238 valence electrons. The van der Waals surface area contributed by atoms with Crippen molar-refractivity contribution < 1.29 is 23.5 Å². The van der Waals surface area contributed by atoms with Gasteiger partial charge in [-0.15, -0.1) is 5.92 Å². The Balaban J connectivity index is 0.00000259. The molecule has 14 heteroatoms. The Morgan fingerprint density at radius 3 is 2.50 bits per heavy atom. The van der Waals surface area contributed by atoms with Crippen LogP contribution in [0.15, 0.2) is 21.7 Å². The van der Waals surface area contributed by atoms with Gasteiger partial charge in [-0.1, -0.05) is 19.8 Å². The molecule has 0 radical (unpaired) electrons. The maximum Gasteiger partial charge on any atom is 0.407 e. The summed E-state index contributed by atoms with van der Waals surface area (Å²) in [6, 6.07) is 1.94. The van der Waals surface area contributed by atoms with Gasteiger partial charge in [-0.3, -0.25) is 18.5 Å². The van der Waals surface area contributed by atoms with E-state index in [2.05, 4.69) is 27.1 Å². The molecule has 0 saturated carbocycles. The molecule has 4 heterocycles. The lowest BCUT2D eigenvalue weighted by molar-refractivity contribution is 0.0498. The molecule has 1 saturated heterocycles. The standard InChI is InChI=1S/C28H34FN7O6.C2H6/c1-7-8-14-35-21-22(32-25(35)34-13-9-10-17(15-34)30-26(39)42-28(2,3)4)33(5)27(40)36(23(21)37)16-19-18(24(38)41-6)11-12-20(29)31-19;1-2/h11-12,17H,9-10,13-16H2,1-6H3,(H,30,39);1-2H3. The first-order valence-corrected chi connectivity index (χ1v) is 14.4. The molecule has 4 rings (SSSR count). The number of rotatable bonds is 6. The van der Waals surface area contributed by atoms with Crippen molar-refractivity contribution in [1.29, 1.82) is 0 Å². The van der Waals surface area contributed by atoms with Crippen LogP contribution in [0.25, 0.3) is 11.2 Å². The number of imidazole rings is 1. The molecule has 1 N–H and O–H groups in total. The number of hydrogen-bond donors (Lipinski definition) is 1. The Bertz CT molecular complexity index is 1710. The molecule has 0 aliphatic carbocycles. The number of halogens is 1. The van der Waals surface area contributed by atoms with Crippen LogP contribution in [0, 0.1) is 17.8 Å². The number of carbonyl (C=O) groups excluding carboxylic acids is 2. The summed E-state index contributed by atoms with van der Waals surface area (Å²) < 4.78 is 27.9. The largest absolute Gasteiger partial charge is 0.465 e. The molecule has 1 atom stereocenters. The highest BCUT2D eigenvalue weighted by atomic mass is 19.1. The molecular weight excluding hydrogens is 573 g/mol. The summed E-state index contributed by atoms with van der Waals surface area (Å²) in [5.41, 5.74) is -2.04. The van der Waals surface area contributed by atoms with Crippen molar-refractivity contribution >= 4 is 29.2 Å². The van der Waals surface area contributed by atoms with E-state index in [0.717, 1.165) is 30.6 Å². The van der Waals surface area contributed by atoms with Crippen LogP contribution < -0.4 is 21.5 Å². The fourth-order valence-corrected chi connectivity index (χ4v) is 4.84. The molecule has 0 aromatic carbocycles. The van der Waals surface area contributed by atoms with Crippen molar-refractivity contribution in [2.45, 2.75) is 79.1 Å². The number of alkyl carbamates (subject to hydrolysis) is 1. The van der Waals surface area contributed by atoms with Gasteiger partial charge in [0.15, 0.2) is 11.2 Å². The minimum Gasteiger partial charge on any atom is -0.465 e. The average Bonchev–Trinajstić information content (AvgIpc) is 3.36. The highest BCUT2D eigenvalue weighted by Crippen LogP contribution is 2.24. The summed E-state index contributed by atoms with van der Waals surface area (Å²) in [5, 5.41) is 2.90. The van der Waals surface area contributed by atoms with Crippen molar-refractivity contribution in [2.24, 2.45) is 7.05 Å². The fraction of sp³-hybridized carbons (Fsp3) is 0.533. The van der Waals surface area contributed by atoms with Gasteiger partial charge >= 0.3 is 17.8 Å². The van der Waals surface area contributed by atoms with Crippen molar-refractivity contribution in [1.82, 2.24) is 29.0 Å². The summed E-state index contributed by atoms with van der Waals surface area (Å²) in [5.74, 6) is 4.52. The number of nitrogens with one attached hydrogen (secondary N) is 1. The average molecular weight is 614 g/mol. The lowest BCUT2D eigenvalue weighted by Crippen LogP contribution is -2.49. The van der Waals surface area contributed by atoms with E-state index in [0.29, 0.717) is 19.0 Å². The summed E-state index contributed by atoms with van der Waals surface area (Å²) in [6.07, 6.45) is 0.926. The third-order valence-electron chi connectivity index (χ3n) is 6.70. The molecule has 44 heavy (non-hydrogen) atoms. The predicted octanol–water partition coefficient (Wildman–Crippen LogP) is 2.81. The lowest BCUT2D eigenvalue weighted by Gasteiger charge is -2.34. The van der Waals surface area contributed by atoms with Gasteiger partial charge < -0.3 is 19.7 Å². The number of ether oxygens (including phenoxy) is 2. The van der Waals surface area contributed by atoms with Crippen LogP contribution in [0.1, 0.15) is 70.4 Å². The van der Waals surface area contributed by atoms with Gasteiger partial charge in [0.25, 0.3) is 5.56 Å². The van der Waals surface area contributed by atoms with E-state index in [4.69, 9.17) is 9.47 Å². The van der Waals surface area contributed by atoms with Crippen LogP contribution in [-0.4, -0.2) is 67.6 Å². The number of amides is 1. The first kappa shape index (κ1) is 33.8. The van der Waals surface area contributed by atoms with Gasteiger partial charge in [0.05, 0.1) is 31.5 Å². The second-order valence-electron chi connectivity index (χ2n) is 10.9. The van der Waals surface area contributed by atoms with Crippen LogP contribution in [0.2, 0.25) is 0 Å². The number of esters is 1. The predicted molar refractivity (Wildman–Crippen MR) is 163 cm³/mol. The molecule has 1 aliphatic rings. The maximum atomic E-state index is 14.1. The Morgan fingerprint density at radius 1 is 1.16 bits per heavy atom. The van der Waals surface area contributed by atoms with Crippen LogP contribution in [0.5, 0.6) is 0 Å². The van der Waals surface area contributed by atoms with E-state index in [1.54, 1.807) is 32.3 Å². The van der Waals surface area contributed by atoms with Crippen molar-refractivity contribution in [2.75, 3.05) is 25.1 Å². The Hall–Kier alpha value is -4.67. The number of aryl methyl sites for hydroxylation is 1. The van der Waals surface area contributed by atoms with E-state index >= 15 is 0 Å². The third kappa shape index (κ3) is 7.45. The van der Waals surface area contributed by atoms with E-state index in [1.807, 2.05) is 18.7 Å². The quantitative estimate of drug-likeness (QED) is 0.252. The van der Waals surface area contributed by atoms with Gasteiger partial charge in [-0.2, -0.15) is 9.37 Å². The zero-order valence-corrected chi connectivity index (χ0v) is 26.5. The molecular formula is C30H40FN7O6. The smallest absolute Gasteiger partial charge is 0.407 e. The summed E-state index contributed by atoms with van der Waals surface area (Å²) in [6.45, 7) is 11.6. The van der Waals surface area contributed by atoms with Crippen LogP contribution in [0.3, 0.4) is 0 Å². The van der Waals surface area contributed by atoms with Gasteiger partial charge in [0, 0.05) is 26.2 Å². The fourth-order valence-electron chi connectivity index (χ4n) is 4.84.